The molecule has 0 saturated carbocycles. The Balaban J connectivity index is 1.64. The predicted molar refractivity (Wildman–Crippen MR) is 160 cm³/mol. The van der Waals surface area contributed by atoms with Crippen molar-refractivity contribution in [2.24, 2.45) is 0 Å². The molecule has 0 aromatic heterocycles. The van der Waals surface area contributed by atoms with Crippen LogP contribution in [0.4, 0.5) is 11.4 Å². The van der Waals surface area contributed by atoms with E-state index in [9.17, 15) is 24.3 Å². The lowest BCUT2D eigenvalue weighted by atomic mass is 9.94. The second-order valence-electron chi connectivity index (χ2n) is 9.86. The lowest BCUT2D eigenvalue weighted by Gasteiger charge is -2.15. The molecule has 4 rings (SSSR count). The number of benzene rings is 4. The van der Waals surface area contributed by atoms with Gasteiger partial charge in [-0.15, -0.1) is 0 Å². The third-order valence-corrected chi connectivity index (χ3v) is 7.02. The normalized spacial score (nSPS) is 10.7. The van der Waals surface area contributed by atoms with Crippen LogP contribution in [0.5, 0.6) is 0 Å². The highest BCUT2D eigenvalue weighted by Crippen LogP contribution is 2.30. The fraction of sp³-hybridized carbons (Fsp3) is 0.152. The van der Waals surface area contributed by atoms with Gasteiger partial charge >= 0.3 is 5.97 Å². The van der Waals surface area contributed by atoms with Crippen molar-refractivity contribution in [2.75, 3.05) is 17.7 Å². The minimum Gasteiger partial charge on any atom is -0.478 e. The van der Waals surface area contributed by atoms with Gasteiger partial charge in [0.25, 0.3) is 5.91 Å². The number of rotatable bonds is 10. The van der Waals surface area contributed by atoms with Crippen molar-refractivity contribution >= 4 is 34.8 Å². The van der Waals surface area contributed by atoms with Crippen molar-refractivity contribution < 1.29 is 34.4 Å². The van der Waals surface area contributed by atoms with E-state index in [1.165, 1.54) is 43.3 Å². The van der Waals surface area contributed by atoms with E-state index < -0.39 is 23.4 Å². The molecular formula is C33H30N2O7. The van der Waals surface area contributed by atoms with Crippen LogP contribution in [0.3, 0.4) is 0 Å². The van der Waals surface area contributed by atoms with Crippen molar-refractivity contribution in [3.63, 3.8) is 0 Å². The fourth-order valence-electron chi connectivity index (χ4n) is 4.82. The summed E-state index contributed by atoms with van der Waals surface area (Å²) in [5, 5.41) is 24.4. The summed E-state index contributed by atoms with van der Waals surface area (Å²) < 4.78 is 0. The van der Waals surface area contributed by atoms with Crippen LogP contribution in [-0.2, 0) is 11.5 Å². The van der Waals surface area contributed by atoms with Crippen molar-refractivity contribution in [3.8, 4) is 11.1 Å². The maximum atomic E-state index is 13.4. The molecule has 1 amide bonds. The first-order chi connectivity index (χ1) is 20.0. The molecule has 0 bridgehead atoms. The van der Waals surface area contributed by atoms with Crippen LogP contribution >= 0.6 is 0 Å². The summed E-state index contributed by atoms with van der Waals surface area (Å²) in [5.74, 6) is -2.82. The molecule has 0 aliphatic carbocycles. The standard InChI is InChI=1S/C33H30N2O7/c1-18-13-24(34-4)8-11-26(18)27-12-9-25(14-19(27)2)35-32(38)30-16-21(5-6-23(30)17-42-41)31(37)22-7-10-28(33(39)40)29(15-22)20(3)36/h5-16,34,41H,17H2,1-4H3,(H,35,38)(H,39,40). The van der Waals surface area contributed by atoms with E-state index in [1.807, 2.05) is 45.2 Å². The minimum absolute atomic E-state index is 0.0898. The van der Waals surface area contributed by atoms with Gasteiger partial charge in [-0.1, -0.05) is 30.3 Å². The number of aryl methyl sites for hydroxylation is 2. The number of carboxylic acids is 1. The maximum Gasteiger partial charge on any atom is 0.336 e. The van der Waals surface area contributed by atoms with Gasteiger partial charge in [0.15, 0.2) is 11.6 Å². The van der Waals surface area contributed by atoms with Crippen LogP contribution in [0.2, 0.25) is 0 Å². The maximum absolute atomic E-state index is 13.4. The topological polar surface area (TPSA) is 142 Å². The highest BCUT2D eigenvalue weighted by atomic mass is 17.1. The Morgan fingerprint density at radius 3 is 1.86 bits per heavy atom. The SMILES string of the molecule is CNc1ccc(-c2ccc(NC(=O)c3cc(C(=O)c4ccc(C(=O)O)c(C(C)=O)c4)ccc3COO)cc2C)c(C)c1. The Hall–Kier alpha value is -5.12. The summed E-state index contributed by atoms with van der Waals surface area (Å²) >= 11 is 0. The third-order valence-electron chi connectivity index (χ3n) is 7.02. The highest BCUT2D eigenvalue weighted by molar-refractivity contribution is 6.14. The van der Waals surface area contributed by atoms with Crippen LogP contribution in [0, 0.1) is 13.8 Å². The van der Waals surface area contributed by atoms with Gasteiger partial charge in [0, 0.05) is 40.7 Å². The number of hydrogen-bond donors (Lipinski definition) is 4. The summed E-state index contributed by atoms with van der Waals surface area (Å²) in [6.45, 7) is 4.91. The van der Waals surface area contributed by atoms with Gasteiger partial charge in [-0.05, 0) is 91.1 Å². The molecule has 9 nitrogen and oxygen atoms in total. The van der Waals surface area contributed by atoms with Crippen LogP contribution in [0.1, 0.15) is 70.6 Å². The number of carboxylic acid groups (broad SMARTS) is 1. The number of hydrogen-bond acceptors (Lipinski definition) is 7. The molecule has 4 N–H and O–H groups in total. The van der Waals surface area contributed by atoms with Crippen LogP contribution in [0.25, 0.3) is 11.1 Å². The molecule has 4 aromatic rings. The number of carbonyl (C=O) groups excluding carboxylic acids is 3. The minimum atomic E-state index is -1.28. The van der Waals surface area contributed by atoms with Crippen LogP contribution in [0.15, 0.2) is 72.8 Å². The molecule has 0 radical (unpaired) electrons. The zero-order chi connectivity index (χ0) is 30.6. The first-order valence-corrected chi connectivity index (χ1v) is 13.1. The fourth-order valence-corrected chi connectivity index (χ4v) is 4.82. The molecule has 0 fully saturated rings. The van der Waals surface area contributed by atoms with E-state index in [2.05, 4.69) is 21.6 Å². The number of anilines is 2. The third kappa shape index (κ3) is 6.27. The molecular weight excluding hydrogens is 536 g/mol. The molecule has 0 aliphatic heterocycles. The summed E-state index contributed by atoms with van der Waals surface area (Å²) in [5.41, 5.74) is 6.05. The second-order valence-corrected chi connectivity index (χ2v) is 9.86. The van der Waals surface area contributed by atoms with Crippen LogP contribution in [-0.4, -0.2) is 40.9 Å². The number of carbonyl (C=O) groups is 4. The lowest BCUT2D eigenvalue weighted by molar-refractivity contribution is -0.253. The van der Waals surface area contributed by atoms with Crippen molar-refractivity contribution in [1.82, 2.24) is 0 Å². The highest BCUT2D eigenvalue weighted by Gasteiger charge is 2.20. The number of ketones is 2. The average Bonchev–Trinajstić information content (AvgIpc) is 2.97. The molecule has 0 saturated heterocycles. The summed E-state index contributed by atoms with van der Waals surface area (Å²) in [7, 11) is 1.86. The van der Waals surface area contributed by atoms with Gasteiger partial charge in [-0.2, -0.15) is 0 Å². The van der Waals surface area contributed by atoms with E-state index in [0.29, 0.717) is 11.3 Å². The summed E-state index contributed by atoms with van der Waals surface area (Å²) in [4.78, 5) is 54.5. The predicted octanol–water partition coefficient (Wildman–Crippen LogP) is 6.39. The summed E-state index contributed by atoms with van der Waals surface area (Å²) in [6.07, 6.45) is 0. The lowest BCUT2D eigenvalue weighted by Crippen LogP contribution is -2.16. The quantitative estimate of drug-likeness (QED) is 0.0983. The average molecular weight is 567 g/mol. The molecule has 0 spiro atoms. The number of amides is 1. The Bertz CT molecular complexity index is 1730. The molecule has 42 heavy (non-hydrogen) atoms. The smallest absolute Gasteiger partial charge is 0.336 e. The van der Waals surface area contributed by atoms with E-state index in [1.54, 1.807) is 6.07 Å². The van der Waals surface area contributed by atoms with Gasteiger partial charge in [0.05, 0.1) is 5.56 Å². The molecule has 0 heterocycles. The van der Waals surface area contributed by atoms with E-state index >= 15 is 0 Å². The molecule has 4 aromatic carbocycles. The molecule has 214 valence electrons. The Morgan fingerprint density at radius 1 is 0.738 bits per heavy atom. The van der Waals surface area contributed by atoms with Crippen molar-refractivity contribution in [2.45, 2.75) is 27.4 Å². The second kappa shape index (κ2) is 12.6. The van der Waals surface area contributed by atoms with Gasteiger partial charge in [0.1, 0.15) is 6.61 Å². The first-order valence-electron chi connectivity index (χ1n) is 13.1. The van der Waals surface area contributed by atoms with E-state index in [4.69, 9.17) is 5.26 Å². The van der Waals surface area contributed by atoms with E-state index in [0.717, 1.165) is 27.9 Å². The Kier molecular flexibility index (Phi) is 8.95. The van der Waals surface area contributed by atoms with Gasteiger partial charge < -0.3 is 15.7 Å². The molecule has 0 atom stereocenters. The monoisotopic (exact) mass is 566 g/mol. The van der Waals surface area contributed by atoms with Gasteiger partial charge in [-0.3, -0.25) is 19.6 Å². The molecule has 0 aliphatic rings. The van der Waals surface area contributed by atoms with E-state index in [-0.39, 0.29) is 34.4 Å². The zero-order valence-electron chi connectivity index (χ0n) is 23.6. The number of nitrogens with one attached hydrogen (secondary N) is 2. The zero-order valence-corrected chi connectivity index (χ0v) is 23.6. The number of Topliss-reactive ketones (excluding diaryl/α,β-unsaturated/α-hetero) is 1. The Morgan fingerprint density at radius 2 is 1.31 bits per heavy atom. The van der Waals surface area contributed by atoms with Gasteiger partial charge in [-0.25, -0.2) is 9.68 Å². The largest absolute Gasteiger partial charge is 0.478 e. The van der Waals surface area contributed by atoms with Crippen molar-refractivity contribution in [1.29, 1.82) is 0 Å². The molecule has 9 heteroatoms. The van der Waals surface area contributed by atoms with Crippen molar-refractivity contribution in [3.05, 3.63) is 117 Å². The Labute approximate surface area is 242 Å². The molecule has 0 unspecified atom stereocenters. The van der Waals surface area contributed by atoms with Gasteiger partial charge in [0.2, 0.25) is 0 Å². The number of aromatic carboxylic acids is 1. The summed E-state index contributed by atoms with van der Waals surface area (Å²) in [6, 6.07) is 19.8. The van der Waals surface area contributed by atoms with Crippen LogP contribution < -0.4 is 10.6 Å². The first kappa shape index (κ1) is 29.9.